The molecule has 22 heavy (non-hydrogen) atoms. The number of allylic oxidation sites excluding steroid dienone is 2. The summed E-state index contributed by atoms with van der Waals surface area (Å²) < 4.78 is 4.99. The lowest BCUT2D eigenvalue weighted by Crippen LogP contribution is -2.28. The summed E-state index contributed by atoms with van der Waals surface area (Å²) >= 11 is 0. The molecule has 0 saturated carbocycles. The molecule has 1 rings (SSSR count). The standard InChI is InChI=1S/C20H30O2/c1-5-7-9-12-18(17-13-10-8-11-14-17)15-16-20(3,6-2)19(21)22-4/h7-11,13-14,18H,5-6,12,15-16H2,1-4H3/b9-7-. The van der Waals surface area contributed by atoms with Crippen LogP contribution in [0.25, 0.3) is 0 Å². The van der Waals surface area contributed by atoms with Gasteiger partial charge in [-0.2, -0.15) is 0 Å². The van der Waals surface area contributed by atoms with Gasteiger partial charge in [0.1, 0.15) is 0 Å². The second-order valence-electron chi connectivity index (χ2n) is 6.17. The van der Waals surface area contributed by atoms with Gasteiger partial charge in [-0.25, -0.2) is 0 Å². The topological polar surface area (TPSA) is 26.3 Å². The summed E-state index contributed by atoms with van der Waals surface area (Å²) in [4.78, 5) is 12.0. The summed E-state index contributed by atoms with van der Waals surface area (Å²) in [6, 6.07) is 10.6. The third kappa shape index (κ3) is 5.32. The van der Waals surface area contributed by atoms with Gasteiger partial charge in [0.2, 0.25) is 0 Å². The normalized spacial score (nSPS) is 15.5. The molecule has 0 spiro atoms. The maximum Gasteiger partial charge on any atom is 0.311 e. The van der Waals surface area contributed by atoms with Crippen LogP contribution in [0.3, 0.4) is 0 Å². The van der Waals surface area contributed by atoms with Crippen molar-refractivity contribution in [2.24, 2.45) is 5.41 Å². The highest BCUT2D eigenvalue weighted by Crippen LogP contribution is 2.35. The van der Waals surface area contributed by atoms with Crippen LogP contribution in [0, 0.1) is 5.41 Å². The molecule has 0 aromatic heterocycles. The lowest BCUT2D eigenvalue weighted by molar-refractivity contribution is -0.152. The van der Waals surface area contributed by atoms with Gasteiger partial charge < -0.3 is 4.74 Å². The third-order valence-corrected chi connectivity index (χ3v) is 4.60. The van der Waals surface area contributed by atoms with Gasteiger partial charge in [-0.3, -0.25) is 4.79 Å². The lowest BCUT2D eigenvalue weighted by Gasteiger charge is -2.27. The van der Waals surface area contributed by atoms with E-state index in [2.05, 4.69) is 50.3 Å². The Kier molecular flexibility index (Phi) is 7.94. The Hall–Kier alpha value is -1.57. The zero-order valence-corrected chi connectivity index (χ0v) is 14.5. The highest BCUT2D eigenvalue weighted by molar-refractivity contribution is 5.76. The van der Waals surface area contributed by atoms with Crippen LogP contribution in [0.1, 0.15) is 64.4 Å². The summed E-state index contributed by atoms with van der Waals surface area (Å²) in [5.41, 5.74) is 0.975. The molecule has 2 nitrogen and oxygen atoms in total. The lowest BCUT2D eigenvalue weighted by atomic mass is 9.78. The average Bonchev–Trinajstić information content (AvgIpc) is 2.57. The van der Waals surface area contributed by atoms with Gasteiger partial charge in [-0.1, -0.05) is 56.3 Å². The Morgan fingerprint density at radius 3 is 2.45 bits per heavy atom. The van der Waals surface area contributed by atoms with E-state index in [1.807, 2.05) is 13.0 Å². The SMILES string of the molecule is CC/C=C\CC(CCC(C)(CC)C(=O)OC)c1ccccc1. The zero-order valence-electron chi connectivity index (χ0n) is 14.5. The summed E-state index contributed by atoms with van der Waals surface area (Å²) in [6.07, 6.45) is 9.24. The molecular formula is C20H30O2. The van der Waals surface area contributed by atoms with E-state index in [-0.39, 0.29) is 11.4 Å². The van der Waals surface area contributed by atoms with E-state index in [4.69, 9.17) is 4.74 Å². The first-order valence-corrected chi connectivity index (χ1v) is 8.35. The fraction of sp³-hybridized carbons (Fsp3) is 0.550. The van der Waals surface area contributed by atoms with E-state index in [0.29, 0.717) is 5.92 Å². The van der Waals surface area contributed by atoms with Crippen molar-refractivity contribution in [1.82, 2.24) is 0 Å². The van der Waals surface area contributed by atoms with Crippen molar-refractivity contribution >= 4 is 5.97 Å². The molecule has 0 aliphatic heterocycles. The van der Waals surface area contributed by atoms with E-state index >= 15 is 0 Å². The molecule has 1 aromatic carbocycles. The van der Waals surface area contributed by atoms with Crippen LogP contribution < -0.4 is 0 Å². The molecule has 2 heteroatoms. The van der Waals surface area contributed by atoms with Crippen LogP contribution in [0.2, 0.25) is 0 Å². The smallest absolute Gasteiger partial charge is 0.311 e. The number of hydrogen-bond donors (Lipinski definition) is 0. The molecule has 2 atom stereocenters. The maximum atomic E-state index is 12.0. The molecule has 0 saturated heterocycles. The molecule has 0 N–H and O–H groups in total. The number of carbonyl (C=O) groups excluding carboxylic acids is 1. The minimum absolute atomic E-state index is 0.0917. The molecule has 1 aromatic rings. The minimum Gasteiger partial charge on any atom is -0.469 e. The largest absolute Gasteiger partial charge is 0.469 e. The van der Waals surface area contributed by atoms with Gasteiger partial charge in [-0.15, -0.1) is 0 Å². The van der Waals surface area contributed by atoms with Crippen molar-refractivity contribution < 1.29 is 9.53 Å². The first-order valence-electron chi connectivity index (χ1n) is 8.35. The van der Waals surface area contributed by atoms with E-state index in [0.717, 1.165) is 32.1 Å². The number of carbonyl (C=O) groups is 1. The van der Waals surface area contributed by atoms with Crippen LogP contribution in [0.15, 0.2) is 42.5 Å². The molecule has 0 bridgehead atoms. The summed E-state index contributed by atoms with van der Waals surface area (Å²) in [7, 11) is 1.48. The summed E-state index contributed by atoms with van der Waals surface area (Å²) in [5.74, 6) is 0.366. The van der Waals surface area contributed by atoms with Crippen LogP contribution in [0.4, 0.5) is 0 Å². The predicted molar refractivity (Wildman–Crippen MR) is 92.9 cm³/mol. The number of hydrogen-bond acceptors (Lipinski definition) is 2. The Bertz CT molecular complexity index is 464. The van der Waals surface area contributed by atoms with Gasteiger partial charge >= 0.3 is 5.97 Å². The summed E-state index contributed by atoms with van der Waals surface area (Å²) in [6.45, 7) is 6.23. The fourth-order valence-electron chi connectivity index (χ4n) is 2.74. The van der Waals surface area contributed by atoms with Gasteiger partial charge in [0, 0.05) is 0 Å². The molecule has 0 fully saturated rings. The van der Waals surface area contributed by atoms with E-state index < -0.39 is 0 Å². The van der Waals surface area contributed by atoms with Crippen molar-refractivity contribution in [3.8, 4) is 0 Å². The van der Waals surface area contributed by atoms with E-state index in [1.165, 1.54) is 12.7 Å². The van der Waals surface area contributed by atoms with E-state index in [1.54, 1.807) is 0 Å². The molecule has 0 amide bonds. The van der Waals surface area contributed by atoms with Crippen molar-refractivity contribution in [2.45, 2.75) is 58.8 Å². The molecule has 0 radical (unpaired) electrons. The average molecular weight is 302 g/mol. The summed E-state index contributed by atoms with van der Waals surface area (Å²) in [5, 5.41) is 0. The molecule has 122 valence electrons. The highest BCUT2D eigenvalue weighted by atomic mass is 16.5. The van der Waals surface area contributed by atoms with Crippen LogP contribution in [-0.2, 0) is 9.53 Å². The van der Waals surface area contributed by atoms with Crippen LogP contribution in [0.5, 0.6) is 0 Å². The Balaban J connectivity index is 2.80. The number of rotatable bonds is 9. The zero-order chi connectivity index (χ0) is 16.4. The van der Waals surface area contributed by atoms with Crippen molar-refractivity contribution in [3.63, 3.8) is 0 Å². The van der Waals surface area contributed by atoms with E-state index in [9.17, 15) is 4.79 Å². The number of esters is 1. The van der Waals surface area contributed by atoms with Crippen LogP contribution >= 0.6 is 0 Å². The highest BCUT2D eigenvalue weighted by Gasteiger charge is 2.32. The Labute approximate surface area is 135 Å². The van der Waals surface area contributed by atoms with Crippen molar-refractivity contribution in [3.05, 3.63) is 48.0 Å². The molecule has 2 unspecified atom stereocenters. The molecule has 0 aliphatic carbocycles. The van der Waals surface area contributed by atoms with Gasteiger partial charge in [0.05, 0.1) is 12.5 Å². The number of methoxy groups -OCH3 is 1. The second kappa shape index (κ2) is 9.45. The Morgan fingerprint density at radius 2 is 1.91 bits per heavy atom. The first kappa shape index (κ1) is 18.5. The fourth-order valence-corrected chi connectivity index (χ4v) is 2.74. The maximum absolute atomic E-state index is 12.0. The van der Waals surface area contributed by atoms with Gasteiger partial charge in [0.15, 0.2) is 0 Å². The van der Waals surface area contributed by atoms with Gasteiger partial charge in [0.25, 0.3) is 0 Å². The molecular weight excluding hydrogens is 272 g/mol. The number of ether oxygens (including phenoxy) is 1. The Morgan fingerprint density at radius 1 is 1.23 bits per heavy atom. The number of benzene rings is 1. The second-order valence-corrected chi connectivity index (χ2v) is 6.17. The van der Waals surface area contributed by atoms with Gasteiger partial charge in [-0.05, 0) is 50.5 Å². The van der Waals surface area contributed by atoms with Crippen molar-refractivity contribution in [1.29, 1.82) is 0 Å². The third-order valence-electron chi connectivity index (χ3n) is 4.60. The van der Waals surface area contributed by atoms with Crippen molar-refractivity contribution in [2.75, 3.05) is 7.11 Å². The monoisotopic (exact) mass is 302 g/mol. The van der Waals surface area contributed by atoms with Crippen LogP contribution in [-0.4, -0.2) is 13.1 Å². The first-order chi connectivity index (χ1) is 10.6. The molecule has 0 heterocycles. The predicted octanol–water partition coefficient (Wildman–Crippen LogP) is 5.50. The minimum atomic E-state index is -0.379. The molecule has 0 aliphatic rings. The quantitative estimate of drug-likeness (QED) is 0.445.